The van der Waals surface area contributed by atoms with Crippen molar-refractivity contribution in [1.82, 2.24) is 15.0 Å². The predicted molar refractivity (Wildman–Crippen MR) is 82.5 cm³/mol. The van der Waals surface area contributed by atoms with E-state index in [1.54, 1.807) is 4.80 Å². The highest BCUT2D eigenvalue weighted by atomic mass is 16.1. The molecule has 0 unspecified atom stereocenters. The van der Waals surface area contributed by atoms with Crippen molar-refractivity contribution in [2.75, 3.05) is 5.32 Å². The molecule has 1 aromatic heterocycles. The van der Waals surface area contributed by atoms with Crippen LogP contribution in [0.4, 0.5) is 5.69 Å². The van der Waals surface area contributed by atoms with Crippen LogP contribution in [-0.4, -0.2) is 20.9 Å². The monoisotopic (exact) mass is 280 g/mol. The fourth-order valence-electron chi connectivity index (χ4n) is 2.18. The Morgan fingerprint density at radius 3 is 2.48 bits per heavy atom. The van der Waals surface area contributed by atoms with Crippen molar-refractivity contribution < 1.29 is 4.79 Å². The third-order valence-corrected chi connectivity index (χ3v) is 3.28. The zero-order valence-corrected chi connectivity index (χ0v) is 12.0. The molecule has 5 nitrogen and oxygen atoms in total. The average molecular weight is 280 g/mol. The highest BCUT2D eigenvalue weighted by Crippen LogP contribution is 2.17. The van der Waals surface area contributed by atoms with Gasteiger partial charge in [-0.25, -0.2) is 0 Å². The summed E-state index contributed by atoms with van der Waals surface area (Å²) in [6.07, 6.45) is 1.01. The van der Waals surface area contributed by atoms with E-state index in [1.165, 1.54) is 12.5 Å². The lowest BCUT2D eigenvalue weighted by Crippen LogP contribution is -2.05. The number of aryl methyl sites for hydroxylation is 1. The van der Waals surface area contributed by atoms with Crippen LogP contribution in [0, 0.1) is 0 Å². The van der Waals surface area contributed by atoms with E-state index in [9.17, 15) is 4.79 Å². The Bertz CT molecular complexity index is 790. The molecule has 0 radical (unpaired) electrons. The topological polar surface area (TPSA) is 59.8 Å². The molecule has 21 heavy (non-hydrogen) atoms. The highest BCUT2D eigenvalue weighted by molar-refractivity contribution is 5.91. The molecule has 1 N–H and O–H groups in total. The van der Waals surface area contributed by atoms with E-state index in [0.29, 0.717) is 0 Å². The van der Waals surface area contributed by atoms with Gasteiger partial charge in [0.2, 0.25) is 5.91 Å². The largest absolute Gasteiger partial charge is 0.326 e. The summed E-state index contributed by atoms with van der Waals surface area (Å²) in [6.45, 7) is 3.61. The Hall–Kier alpha value is -2.69. The Morgan fingerprint density at radius 1 is 1.10 bits per heavy atom. The fourth-order valence-corrected chi connectivity index (χ4v) is 2.18. The molecule has 5 heteroatoms. The van der Waals surface area contributed by atoms with E-state index < -0.39 is 0 Å². The van der Waals surface area contributed by atoms with Gasteiger partial charge in [0.1, 0.15) is 11.0 Å². The number of benzene rings is 2. The molecule has 1 heterocycles. The molecule has 0 saturated carbocycles. The van der Waals surface area contributed by atoms with Crippen molar-refractivity contribution in [3.05, 3.63) is 48.0 Å². The molecule has 0 bridgehead atoms. The van der Waals surface area contributed by atoms with Gasteiger partial charge in [-0.2, -0.15) is 4.80 Å². The second kappa shape index (κ2) is 5.36. The van der Waals surface area contributed by atoms with Crippen LogP contribution in [-0.2, 0) is 11.2 Å². The maximum atomic E-state index is 11.1. The minimum Gasteiger partial charge on any atom is -0.326 e. The van der Waals surface area contributed by atoms with Crippen LogP contribution >= 0.6 is 0 Å². The Kier molecular flexibility index (Phi) is 3.39. The summed E-state index contributed by atoms with van der Waals surface area (Å²) in [5, 5.41) is 11.7. The number of carbonyl (C=O) groups is 1. The lowest BCUT2D eigenvalue weighted by atomic mass is 10.2. The van der Waals surface area contributed by atoms with Crippen molar-refractivity contribution in [2.45, 2.75) is 20.3 Å². The van der Waals surface area contributed by atoms with Gasteiger partial charge in [0, 0.05) is 12.6 Å². The van der Waals surface area contributed by atoms with Crippen LogP contribution in [0.3, 0.4) is 0 Å². The van der Waals surface area contributed by atoms with Gasteiger partial charge in [-0.05, 0) is 42.3 Å². The number of aromatic nitrogens is 3. The highest BCUT2D eigenvalue weighted by Gasteiger charge is 2.06. The number of nitrogens with zero attached hydrogens (tertiary/aromatic N) is 3. The minimum atomic E-state index is -0.100. The number of hydrogen-bond acceptors (Lipinski definition) is 3. The van der Waals surface area contributed by atoms with Crippen LogP contribution in [0.15, 0.2) is 42.5 Å². The maximum Gasteiger partial charge on any atom is 0.221 e. The predicted octanol–water partition coefficient (Wildman–Crippen LogP) is 2.94. The molecule has 0 saturated heterocycles. The first kappa shape index (κ1) is 13.3. The van der Waals surface area contributed by atoms with E-state index >= 15 is 0 Å². The second-order valence-corrected chi connectivity index (χ2v) is 4.89. The zero-order valence-electron chi connectivity index (χ0n) is 12.0. The van der Waals surface area contributed by atoms with Gasteiger partial charge in [0.15, 0.2) is 0 Å². The molecule has 0 fully saturated rings. The third kappa shape index (κ3) is 2.76. The van der Waals surface area contributed by atoms with E-state index in [4.69, 9.17) is 0 Å². The summed E-state index contributed by atoms with van der Waals surface area (Å²) < 4.78 is 0. The molecule has 0 aliphatic rings. The van der Waals surface area contributed by atoms with Gasteiger partial charge in [-0.1, -0.05) is 19.1 Å². The number of rotatable bonds is 3. The molecular weight excluding hydrogens is 264 g/mol. The number of anilines is 1. The lowest BCUT2D eigenvalue weighted by molar-refractivity contribution is -0.114. The zero-order chi connectivity index (χ0) is 14.8. The SMILES string of the molecule is CCc1ccc(-n2nc3ccc(NC(C)=O)cc3n2)cc1. The van der Waals surface area contributed by atoms with Crippen molar-refractivity contribution in [3.8, 4) is 5.69 Å². The first-order chi connectivity index (χ1) is 10.2. The van der Waals surface area contributed by atoms with E-state index in [0.717, 1.165) is 28.8 Å². The van der Waals surface area contributed by atoms with E-state index in [2.05, 4.69) is 34.6 Å². The molecule has 3 rings (SSSR count). The third-order valence-electron chi connectivity index (χ3n) is 3.28. The molecule has 3 aromatic rings. The van der Waals surface area contributed by atoms with E-state index in [1.807, 2.05) is 30.3 Å². The molecule has 0 aliphatic heterocycles. The van der Waals surface area contributed by atoms with Crippen molar-refractivity contribution >= 4 is 22.6 Å². The normalized spacial score (nSPS) is 10.8. The molecule has 106 valence electrons. The summed E-state index contributed by atoms with van der Waals surface area (Å²) in [6, 6.07) is 13.7. The number of carbonyl (C=O) groups excluding carboxylic acids is 1. The molecule has 0 aliphatic carbocycles. The van der Waals surface area contributed by atoms with Gasteiger partial charge in [0.25, 0.3) is 0 Å². The van der Waals surface area contributed by atoms with Crippen molar-refractivity contribution in [3.63, 3.8) is 0 Å². The number of amides is 1. The second-order valence-electron chi connectivity index (χ2n) is 4.89. The van der Waals surface area contributed by atoms with Crippen molar-refractivity contribution in [1.29, 1.82) is 0 Å². The molecule has 2 aromatic carbocycles. The van der Waals surface area contributed by atoms with E-state index in [-0.39, 0.29) is 5.91 Å². The summed E-state index contributed by atoms with van der Waals surface area (Å²) in [5.41, 5.74) is 4.47. The lowest BCUT2D eigenvalue weighted by Gasteiger charge is -2.00. The summed E-state index contributed by atoms with van der Waals surface area (Å²) in [7, 11) is 0. The fraction of sp³-hybridized carbons (Fsp3) is 0.188. The molecule has 1 amide bonds. The first-order valence-electron chi connectivity index (χ1n) is 6.90. The van der Waals surface area contributed by atoms with Gasteiger partial charge < -0.3 is 5.32 Å². The number of nitrogens with one attached hydrogen (secondary N) is 1. The van der Waals surface area contributed by atoms with Gasteiger partial charge in [0.05, 0.1) is 5.69 Å². The summed E-state index contributed by atoms with van der Waals surface area (Å²) in [5.74, 6) is -0.100. The smallest absolute Gasteiger partial charge is 0.221 e. The first-order valence-corrected chi connectivity index (χ1v) is 6.90. The van der Waals surface area contributed by atoms with Crippen LogP contribution in [0.2, 0.25) is 0 Å². The van der Waals surface area contributed by atoms with Gasteiger partial charge in [-0.15, -0.1) is 10.2 Å². The Morgan fingerprint density at radius 2 is 1.81 bits per heavy atom. The molecular formula is C16H16N4O. The number of fused-ring (bicyclic) bond motifs is 1. The van der Waals surface area contributed by atoms with Crippen LogP contribution in [0.1, 0.15) is 19.4 Å². The summed E-state index contributed by atoms with van der Waals surface area (Å²) in [4.78, 5) is 12.7. The Labute approximate surface area is 122 Å². The van der Waals surface area contributed by atoms with Gasteiger partial charge in [-0.3, -0.25) is 4.79 Å². The minimum absolute atomic E-state index is 0.100. The van der Waals surface area contributed by atoms with Crippen LogP contribution < -0.4 is 5.32 Å². The average Bonchev–Trinajstić information content (AvgIpc) is 2.90. The maximum absolute atomic E-state index is 11.1. The summed E-state index contributed by atoms with van der Waals surface area (Å²) >= 11 is 0. The number of hydrogen-bond donors (Lipinski definition) is 1. The quantitative estimate of drug-likeness (QED) is 0.802. The molecule has 0 atom stereocenters. The Balaban J connectivity index is 1.97. The standard InChI is InChI=1S/C16H16N4O/c1-3-12-4-7-14(8-5-12)20-18-15-9-6-13(17-11(2)21)10-16(15)19-20/h4-10H,3H2,1-2H3,(H,17,21). The van der Waals surface area contributed by atoms with Crippen LogP contribution in [0.25, 0.3) is 16.7 Å². The van der Waals surface area contributed by atoms with Gasteiger partial charge >= 0.3 is 0 Å². The molecule has 0 spiro atoms. The van der Waals surface area contributed by atoms with Crippen molar-refractivity contribution in [2.24, 2.45) is 0 Å². The van der Waals surface area contributed by atoms with Crippen LogP contribution in [0.5, 0.6) is 0 Å².